The van der Waals surface area contributed by atoms with Crippen molar-refractivity contribution in [3.8, 4) is 5.75 Å². The first-order valence-electron chi connectivity index (χ1n) is 12.3. The Morgan fingerprint density at radius 2 is 1.88 bits per heavy atom. The average Bonchev–Trinajstić information content (AvgIpc) is 3.39. The summed E-state index contributed by atoms with van der Waals surface area (Å²) >= 11 is 0. The van der Waals surface area contributed by atoms with E-state index in [-0.39, 0.29) is 16.9 Å². The molecule has 4 bridgehead atoms. The van der Waals surface area contributed by atoms with Gasteiger partial charge in [0, 0.05) is 18.0 Å². The fourth-order valence-corrected chi connectivity index (χ4v) is 7.62. The van der Waals surface area contributed by atoms with E-state index in [0.29, 0.717) is 31.2 Å². The van der Waals surface area contributed by atoms with E-state index < -0.39 is 23.7 Å². The van der Waals surface area contributed by atoms with Gasteiger partial charge in [0.05, 0.1) is 12.2 Å². The number of carboxylic acid groups (broad SMARTS) is 1. The molecule has 4 atom stereocenters. The van der Waals surface area contributed by atoms with Gasteiger partial charge in [-0.3, -0.25) is 4.79 Å². The second kappa shape index (κ2) is 7.19. The van der Waals surface area contributed by atoms with E-state index in [1.54, 1.807) is 6.07 Å². The van der Waals surface area contributed by atoms with Crippen molar-refractivity contribution >= 4 is 11.9 Å². The molecular formula is C26H32FNO4. The number of carboxylic acids is 1. The molecule has 0 radical (unpaired) electrons. The quantitative estimate of drug-likeness (QED) is 0.686. The highest BCUT2D eigenvalue weighted by Crippen LogP contribution is 2.64. The van der Waals surface area contributed by atoms with Crippen molar-refractivity contribution in [3.05, 3.63) is 29.1 Å². The highest BCUT2D eigenvalue weighted by atomic mass is 19.1. The largest absolute Gasteiger partial charge is 0.493 e. The Labute approximate surface area is 188 Å². The van der Waals surface area contributed by atoms with Crippen LogP contribution in [0.4, 0.5) is 4.39 Å². The van der Waals surface area contributed by atoms with Crippen molar-refractivity contribution in [2.75, 3.05) is 13.2 Å². The monoisotopic (exact) mass is 441 g/mol. The molecule has 5 nitrogen and oxygen atoms in total. The number of amides is 1. The third-order valence-corrected chi connectivity index (χ3v) is 8.99. The van der Waals surface area contributed by atoms with Crippen LogP contribution in [0.5, 0.6) is 5.75 Å². The molecule has 6 fully saturated rings. The van der Waals surface area contributed by atoms with Gasteiger partial charge in [-0.2, -0.15) is 0 Å². The average molecular weight is 442 g/mol. The van der Waals surface area contributed by atoms with Crippen molar-refractivity contribution in [1.82, 2.24) is 4.90 Å². The third kappa shape index (κ3) is 3.32. The van der Waals surface area contributed by atoms with Crippen molar-refractivity contribution in [3.63, 3.8) is 0 Å². The highest BCUT2D eigenvalue weighted by molar-refractivity contribution is 5.97. The Morgan fingerprint density at radius 1 is 1.16 bits per heavy atom. The zero-order chi connectivity index (χ0) is 22.2. The summed E-state index contributed by atoms with van der Waals surface area (Å²) in [6, 6.07) is 2.16. The number of halogens is 1. The fraction of sp³-hybridized carbons (Fsp3) is 0.692. The van der Waals surface area contributed by atoms with Crippen molar-refractivity contribution in [2.24, 2.45) is 29.1 Å². The minimum absolute atomic E-state index is 0.0161. The number of ether oxygens (including phenoxy) is 1. The van der Waals surface area contributed by atoms with Crippen molar-refractivity contribution in [2.45, 2.75) is 70.3 Å². The van der Waals surface area contributed by atoms with E-state index >= 15 is 4.39 Å². The maximum absolute atomic E-state index is 15.2. The predicted octanol–water partition coefficient (Wildman–Crippen LogP) is 4.84. The summed E-state index contributed by atoms with van der Waals surface area (Å²) in [5.74, 6) is 1.41. The van der Waals surface area contributed by atoms with Gasteiger partial charge in [0.2, 0.25) is 0 Å². The van der Waals surface area contributed by atoms with E-state index in [4.69, 9.17) is 4.74 Å². The van der Waals surface area contributed by atoms with Crippen molar-refractivity contribution < 1.29 is 23.8 Å². The number of likely N-dealkylation sites (tertiary alicyclic amines) is 1. The summed E-state index contributed by atoms with van der Waals surface area (Å²) in [4.78, 5) is 26.1. The molecule has 7 rings (SSSR count). The van der Waals surface area contributed by atoms with Gasteiger partial charge in [0.15, 0.2) is 0 Å². The first kappa shape index (κ1) is 20.5. The molecule has 2 unspecified atom stereocenters. The molecule has 1 amide bonds. The van der Waals surface area contributed by atoms with Gasteiger partial charge in [-0.05, 0) is 92.6 Å². The number of benzene rings is 1. The van der Waals surface area contributed by atoms with Gasteiger partial charge >= 0.3 is 5.97 Å². The second-order valence-electron chi connectivity index (χ2n) is 11.6. The molecule has 1 aromatic carbocycles. The van der Waals surface area contributed by atoms with Gasteiger partial charge in [0.25, 0.3) is 5.91 Å². The molecule has 6 heteroatoms. The van der Waals surface area contributed by atoms with Crippen LogP contribution in [0.15, 0.2) is 12.1 Å². The molecular weight excluding hydrogens is 409 g/mol. The minimum atomic E-state index is -1.02. The number of hydrogen-bond donors (Lipinski definition) is 1. The Balaban J connectivity index is 1.24. The zero-order valence-corrected chi connectivity index (χ0v) is 18.7. The van der Waals surface area contributed by atoms with Crippen LogP contribution >= 0.6 is 0 Å². The summed E-state index contributed by atoms with van der Waals surface area (Å²) < 4.78 is 21.5. The number of carbonyl (C=O) groups is 2. The molecule has 172 valence electrons. The lowest BCUT2D eigenvalue weighted by atomic mass is 9.70. The molecule has 0 spiro atoms. The Morgan fingerprint density at radius 3 is 2.50 bits per heavy atom. The van der Waals surface area contributed by atoms with Crippen LogP contribution in [-0.4, -0.2) is 41.1 Å². The normalized spacial score (nSPS) is 37.3. The standard InChI is InChI=1S/C26H32FNO4/c1-14-4-22(25(30)31)28(12-14)24(29)20-7-19(16-2-3-16)23(8-21(20)27)32-13-26-9-15-5-17(10-26)18(6-15)11-26/h7-8,14-18,22H,2-6,9-13H2,1H3,(H,30,31)/t14-,15?,17?,18?,22+,26?/m1/s1. The molecule has 0 aromatic heterocycles. The number of hydrogen-bond acceptors (Lipinski definition) is 3. The van der Waals surface area contributed by atoms with Crippen molar-refractivity contribution in [1.29, 1.82) is 0 Å². The summed E-state index contributed by atoms with van der Waals surface area (Å²) in [7, 11) is 0. The number of aliphatic carboxylic acids is 1. The van der Waals surface area contributed by atoms with Gasteiger partial charge in [-0.1, -0.05) is 6.92 Å². The van der Waals surface area contributed by atoms with Gasteiger partial charge in [-0.15, -0.1) is 0 Å². The summed E-state index contributed by atoms with van der Waals surface area (Å²) in [5, 5.41) is 9.52. The first-order chi connectivity index (χ1) is 15.3. The Bertz CT molecular complexity index is 953. The minimum Gasteiger partial charge on any atom is -0.493 e. The van der Waals surface area contributed by atoms with Crippen LogP contribution in [0.2, 0.25) is 0 Å². The van der Waals surface area contributed by atoms with Crippen LogP contribution in [0.25, 0.3) is 0 Å². The number of rotatable bonds is 6. The van der Waals surface area contributed by atoms with Crippen LogP contribution in [0, 0.1) is 34.9 Å². The molecule has 1 N–H and O–H groups in total. The number of nitrogens with zero attached hydrogens (tertiary/aromatic N) is 1. The lowest BCUT2D eigenvalue weighted by Gasteiger charge is -2.38. The lowest BCUT2D eigenvalue weighted by Crippen LogP contribution is -2.40. The van der Waals surface area contributed by atoms with Gasteiger partial charge in [0.1, 0.15) is 17.6 Å². The van der Waals surface area contributed by atoms with Gasteiger partial charge < -0.3 is 14.7 Å². The maximum atomic E-state index is 15.2. The van der Waals surface area contributed by atoms with Gasteiger partial charge in [-0.25, -0.2) is 9.18 Å². The third-order valence-electron chi connectivity index (χ3n) is 8.99. The Kier molecular flexibility index (Phi) is 4.61. The molecule has 1 heterocycles. The molecule has 1 aromatic rings. The molecule has 6 aliphatic rings. The summed E-state index contributed by atoms with van der Waals surface area (Å²) in [6.45, 7) is 2.92. The highest BCUT2D eigenvalue weighted by Gasteiger charge is 2.56. The van der Waals surface area contributed by atoms with E-state index in [0.717, 1.165) is 36.2 Å². The SMILES string of the molecule is C[C@@H]1C[C@@H](C(=O)O)N(C(=O)c2cc(C3CC3)c(OCC34CC5CC(C3)C(C5)C4)cc2F)C1. The van der Waals surface area contributed by atoms with E-state index in [1.165, 1.54) is 43.1 Å². The van der Waals surface area contributed by atoms with E-state index in [1.807, 2.05) is 6.92 Å². The molecule has 32 heavy (non-hydrogen) atoms. The second-order valence-corrected chi connectivity index (χ2v) is 11.6. The molecule has 5 aliphatic carbocycles. The van der Waals surface area contributed by atoms with Crippen LogP contribution in [-0.2, 0) is 4.79 Å². The van der Waals surface area contributed by atoms with Crippen LogP contribution in [0.1, 0.15) is 80.1 Å². The predicted molar refractivity (Wildman–Crippen MR) is 116 cm³/mol. The van der Waals surface area contributed by atoms with E-state index in [9.17, 15) is 14.7 Å². The van der Waals surface area contributed by atoms with E-state index in [2.05, 4.69) is 0 Å². The smallest absolute Gasteiger partial charge is 0.326 e. The summed E-state index contributed by atoms with van der Waals surface area (Å²) in [6.07, 6.45) is 8.95. The first-order valence-corrected chi connectivity index (χ1v) is 12.3. The Hall–Kier alpha value is -2.11. The number of carbonyl (C=O) groups excluding carboxylic acids is 1. The van der Waals surface area contributed by atoms with Crippen LogP contribution < -0.4 is 4.74 Å². The lowest BCUT2D eigenvalue weighted by molar-refractivity contribution is -0.141. The molecule has 1 aliphatic heterocycles. The molecule has 1 saturated heterocycles. The fourth-order valence-electron chi connectivity index (χ4n) is 7.62. The molecule has 5 saturated carbocycles. The van der Waals surface area contributed by atoms with Crippen LogP contribution in [0.3, 0.4) is 0 Å². The topological polar surface area (TPSA) is 66.8 Å². The maximum Gasteiger partial charge on any atom is 0.326 e. The zero-order valence-electron chi connectivity index (χ0n) is 18.7. The summed E-state index contributed by atoms with van der Waals surface area (Å²) in [5.41, 5.74) is 1.15.